The van der Waals surface area contributed by atoms with Crippen molar-refractivity contribution in [3.8, 4) is 5.75 Å². The minimum atomic E-state index is 0.00379. The van der Waals surface area contributed by atoms with Crippen LogP contribution in [0.1, 0.15) is 17.3 Å². The molecule has 0 aliphatic carbocycles. The fraction of sp³-hybridized carbons (Fsp3) is 0.133. The van der Waals surface area contributed by atoms with Gasteiger partial charge >= 0.3 is 0 Å². The number of methoxy groups -OCH3 is 1. The first-order chi connectivity index (χ1) is 9.11. The number of hydrogen-bond acceptors (Lipinski definition) is 3. The maximum absolute atomic E-state index is 11.6. The van der Waals surface area contributed by atoms with Crippen LogP contribution in [0.2, 0.25) is 5.02 Å². The summed E-state index contributed by atoms with van der Waals surface area (Å²) in [5.41, 5.74) is 2.09. The fourth-order valence-corrected chi connectivity index (χ4v) is 1.99. The zero-order valence-corrected chi connectivity index (χ0v) is 11.5. The Balaban J connectivity index is 2.41. The number of ether oxygens (including phenoxy) is 1. The third kappa shape index (κ3) is 3.06. The molecule has 3 nitrogen and oxygen atoms in total. The van der Waals surface area contributed by atoms with Crippen molar-refractivity contribution in [2.24, 2.45) is 0 Å². The summed E-state index contributed by atoms with van der Waals surface area (Å²) in [6.45, 7) is 1.54. The average molecular weight is 276 g/mol. The van der Waals surface area contributed by atoms with Crippen LogP contribution in [0, 0.1) is 0 Å². The van der Waals surface area contributed by atoms with Crippen LogP contribution in [0.3, 0.4) is 0 Å². The van der Waals surface area contributed by atoms with Crippen LogP contribution in [0.15, 0.2) is 42.5 Å². The molecule has 2 aromatic carbocycles. The molecule has 19 heavy (non-hydrogen) atoms. The van der Waals surface area contributed by atoms with Crippen LogP contribution in [-0.4, -0.2) is 12.9 Å². The van der Waals surface area contributed by atoms with Crippen LogP contribution in [-0.2, 0) is 0 Å². The number of para-hydroxylation sites is 1. The molecule has 0 aliphatic heterocycles. The molecule has 0 heterocycles. The molecule has 2 rings (SSSR count). The number of anilines is 2. The van der Waals surface area contributed by atoms with Crippen molar-refractivity contribution in [2.75, 3.05) is 12.4 Å². The van der Waals surface area contributed by atoms with E-state index in [2.05, 4.69) is 5.32 Å². The lowest BCUT2D eigenvalue weighted by Crippen LogP contribution is -2.01. The Hall–Kier alpha value is -2.00. The summed E-state index contributed by atoms with van der Waals surface area (Å²) in [7, 11) is 1.59. The van der Waals surface area contributed by atoms with Gasteiger partial charge in [-0.15, -0.1) is 0 Å². The maximum atomic E-state index is 11.6. The smallest absolute Gasteiger partial charge is 0.161 e. The van der Waals surface area contributed by atoms with Gasteiger partial charge in [0.1, 0.15) is 5.75 Å². The number of hydrogen-bond donors (Lipinski definition) is 1. The van der Waals surface area contributed by atoms with Crippen LogP contribution < -0.4 is 10.1 Å². The van der Waals surface area contributed by atoms with E-state index in [1.165, 1.54) is 6.92 Å². The number of rotatable bonds is 4. The summed E-state index contributed by atoms with van der Waals surface area (Å²) >= 11 is 5.98. The third-order valence-corrected chi connectivity index (χ3v) is 2.97. The zero-order valence-electron chi connectivity index (χ0n) is 10.7. The standard InChI is InChI=1S/C15H14ClNO2/c1-10(18)12-5-3-4-6-13(12)17-14-9-11(16)7-8-15(14)19-2/h3-9,17H,1-2H3. The number of Topliss-reactive ketones (excluding diaryl/α,β-unsaturated/α-hetero) is 1. The molecule has 0 aromatic heterocycles. The van der Waals surface area contributed by atoms with Gasteiger partial charge < -0.3 is 10.1 Å². The summed E-state index contributed by atoms with van der Waals surface area (Å²) in [6, 6.07) is 12.6. The first kappa shape index (κ1) is 13.4. The quantitative estimate of drug-likeness (QED) is 0.846. The van der Waals surface area contributed by atoms with Gasteiger partial charge in [0.05, 0.1) is 12.8 Å². The molecule has 0 spiro atoms. The van der Waals surface area contributed by atoms with Gasteiger partial charge in [0.25, 0.3) is 0 Å². The zero-order chi connectivity index (χ0) is 13.8. The molecule has 0 aliphatic rings. The van der Waals surface area contributed by atoms with Crippen LogP contribution in [0.25, 0.3) is 0 Å². The lowest BCUT2D eigenvalue weighted by Gasteiger charge is -2.13. The Bertz CT molecular complexity index is 611. The van der Waals surface area contributed by atoms with E-state index in [9.17, 15) is 4.79 Å². The van der Waals surface area contributed by atoms with Gasteiger partial charge in [0, 0.05) is 16.3 Å². The second-order valence-electron chi connectivity index (χ2n) is 4.07. The lowest BCUT2D eigenvalue weighted by atomic mass is 10.1. The fourth-order valence-electron chi connectivity index (χ4n) is 1.82. The van der Waals surface area contributed by atoms with Crippen LogP contribution in [0.4, 0.5) is 11.4 Å². The molecule has 0 fully saturated rings. The third-order valence-electron chi connectivity index (χ3n) is 2.74. The number of nitrogens with one attached hydrogen (secondary N) is 1. The first-order valence-electron chi connectivity index (χ1n) is 5.82. The SMILES string of the molecule is COc1ccc(Cl)cc1Nc1ccccc1C(C)=O. The average Bonchev–Trinajstić information content (AvgIpc) is 2.39. The molecular formula is C15H14ClNO2. The molecule has 2 aromatic rings. The van der Waals surface area contributed by atoms with E-state index in [-0.39, 0.29) is 5.78 Å². The normalized spacial score (nSPS) is 10.1. The predicted octanol–water partition coefficient (Wildman–Crippen LogP) is 4.29. The minimum Gasteiger partial charge on any atom is -0.495 e. The highest BCUT2D eigenvalue weighted by molar-refractivity contribution is 6.31. The summed E-state index contributed by atoms with van der Waals surface area (Å²) in [5, 5.41) is 3.78. The first-order valence-corrected chi connectivity index (χ1v) is 6.20. The second-order valence-corrected chi connectivity index (χ2v) is 4.51. The highest BCUT2D eigenvalue weighted by atomic mass is 35.5. The van der Waals surface area contributed by atoms with Crippen molar-refractivity contribution in [1.29, 1.82) is 0 Å². The van der Waals surface area contributed by atoms with Crippen LogP contribution in [0.5, 0.6) is 5.75 Å². The Kier molecular flexibility index (Phi) is 4.07. The van der Waals surface area contributed by atoms with Gasteiger partial charge in [-0.1, -0.05) is 23.7 Å². The molecule has 0 saturated carbocycles. The molecule has 0 bridgehead atoms. The molecule has 0 saturated heterocycles. The maximum Gasteiger partial charge on any atom is 0.161 e. The van der Waals surface area contributed by atoms with Crippen molar-refractivity contribution in [3.63, 3.8) is 0 Å². The number of halogens is 1. The molecule has 1 N–H and O–H groups in total. The molecular weight excluding hydrogens is 262 g/mol. The summed E-state index contributed by atoms with van der Waals surface area (Å²) in [6.07, 6.45) is 0. The van der Waals surface area contributed by atoms with Crippen molar-refractivity contribution >= 4 is 28.8 Å². The van der Waals surface area contributed by atoms with Gasteiger partial charge in [0.2, 0.25) is 0 Å². The molecule has 0 unspecified atom stereocenters. The van der Waals surface area contributed by atoms with Crippen LogP contribution >= 0.6 is 11.6 Å². The van der Waals surface area contributed by atoms with E-state index in [0.717, 1.165) is 11.4 Å². The van der Waals surface area contributed by atoms with Crippen molar-refractivity contribution in [1.82, 2.24) is 0 Å². The number of benzene rings is 2. The largest absolute Gasteiger partial charge is 0.495 e. The van der Waals surface area contributed by atoms with Gasteiger partial charge in [-0.05, 0) is 37.3 Å². The summed E-state index contributed by atoms with van der Waals surface area (Å²) in [4.78, 5) is 11.6. The van der Waals surface area contributed by atoms with Gasteiger partial charge in [-0.2, -0.15) is 0 Å². The topological polar surface area (TPSA) is 38.3 Å². The lowest BCUT2D eigenvalue weighted by molar-refractivity contribution is 0.101. The van der Waals surface area contributed by atoms with Gasteiger partial charge in [-0.25, -0.2) is 0 Å². The Labute approximate surface area is 117 Å². The van der Waals surface area contributed by atoms with Crippen molar-refractivity contribution < 1.29 is 9.53 Å². The Morgan fingerprint density at radius 1 is 1.16 bits per heavy atom. The van der Waals surface area contributed by atoms with Crippen molar-refractivity contribution in [3.05, 3.63) is 53.1 Å². The highest BCUT2D eigenvalue weighted by Gasteiger charge is 2.09. The Morgan fingerprint density at radius 2 is 1.89 bits per heavy atom. The Morgan fingerprint density at radius 3 is 2.58 bits per heavy atom. The number of carbonyl (C=O) groups excluding carboxylic acids is 1. The predicted molar refractivity (Wildman–Crippen MR) is 77.7 cm³/mol. The van der Waals surface area contributed by atoms with E-state index in [1.54, 1.807) is 31.4 Å². The minimum absolute atomic E-state index is 0.00379. The number of carbonyl (C=O) groups is 1. The van der Waals surface area contributed by atoms with E-state index >= 15 is 0 Å². The van der Waals surface area contributed by atoms with Gasteiger partial charge in [-0.3, -0.25) is 4.79 Å². The van der Waals surface area contributed by atoms with E-state index in [4.69, 9.17) is 16.3 Å². The van der Waals surface area contributed by atoms with E-state index in [0.29, 0.717) is 16.3 Å². The molecule has 98 valence electrons. The van der Waals surface area contributed by atoms with Crippen molar-refractivity contribution in [2.45, 2.75) is 6.92 Å². The monoisotopic (exact) mass is 275 g/mol. The summed E-state index contributed by atoms with van der Waals surface area (Å²) in [5.74, 6) is 0.673. The summed E-state index contributed by atoms with van der Waals surface area (Å²) < 4.78 is 5.27. The molecule has 0 amide bonds. The molecule has 0 radical (unpaired) electrons. The molecule has 4 heteroatoms. The van der Waals surface area contributed by atoms with E-state index in [1.807, 2.05) is 18.2 Å². The number of ketones is 1. The molecule has 0 atom stereocenters. The second kappa shape index (κ2) is 5.76. The highest BCUT2D eigenvalue weighted by Crippen LogP contribution is 2.31. The van der Waals surface area contributed by atoms with E-state index < -0.39 is 0 Å². The van der Waals surface area contributed by atoms with Gasteiger partial charge in [0.15, 0.2) is 5.78 Å².